The largest absolute Gasteiger partial charge is 0.380 e. The van der Waals surface area contributed by atoms with E-state index in [1.807, 2.05) is 31.1 Å². The predicted octanol–water partition coefficient (Wildman–Crippen LogP) is 1.15. The number of pyridine rings is 1. The van der Waals surface area contributed by atoms with Gasteiger partial charge < -0.3 is 26.2 Å². The van der Waals surface area contributed by atoms with Crippen molar-refractivity contribution in [2.24, 2.45) is 0 Å². The number of nitrogens with zero attached hydrogens (tertiary/aromatic N) is 5. The van der Waals surface area contributed by atoms with E-state index in [0.29, 0.717) is 23.4 Å². The maximum absolute atomic E-state index is 12.2. The Morgan fingerprint density at radius 3 is 2.59 bits per heavy atom. The molecule has 10 heteroatoms. The summed E-state index contributed by atoms with van der Waals surface area (Å²) < 4.78 is 0. The lowest BCUT2D eigenvalue weighted by Gasteiger charge is -2.26. The minimum Gasteiger partial charge on any atom is -0.380 e. The highest BCUT2D eigenvalue weighted by Gasteiger charge is 2.16. The van der Waals surface area contributed by atoms with Gasteiger partial charge in [0, 0.05) is 12.1 Å². The summed E-state index contributed by atoms with van der Waals surface area (Å²) in [4.78, 5) is 26.6. The third kappa shape index (κ3) is 6.10. The second-order valence-corrected chi connectivity index (χ2v) is 7.09. The number of carbonyl (C=O) groups excluding carboxylic acids is 1. The van der Waals surface area contributed by atoms with Gasteiger partial charge in [-0.05, 0) is 40.0 Å². The van der Waals surface area contributed by atoms with E-state index in [4.69, 9.17) is 5.26 Å². The van der Waals surface area contributed by atoms with Crippen molar-refractivity contribution in [2.45, 2.75) is 18.9 Å². The van der Waals surface area contributed by atoms with Crippen LogP contribution in [0.1, 0.15) is 18.5 Å². The topological polar surface area (TPSA) is 131 Å². The fraction of sp³-hybridized carbons (Fsp3) is 0.421. The lowest BCUT2D eigenvalue weighted by Crippen LogP contribution is -2.35. The Hall–Kier alpha value is -3.29. The van der Waals surface area contributed by atoms with Crippen molar-refractivity contribution >= 4 is 28.9 Å². The number of amides is 1. The zero-order valence-electron chi connectivity index (χ0n) is 16.6. The van der Waals surface area contributed by atoms with Crippen molar-refractivity contribution in [3.8, 4) is 6.07 Å². The van der Waals surface area contributed by atoms with E-state index in [-0.39, 0.29) is 18.1 Å². The van der Waals surface area contributed by atoms with Crippen LogP contribution in [0.4, 0.5) is 23.0 Å². The Bertz CT molecular complexity index is 870. The summed E-state index contributed by atoms with van der Waals surface area (Å²) in [6.45, 7) is 2.20. The number of rotatable bonds is 7. The summed E-state index contributed by atoms with van der Waals surface area (Å²) >= 11 is 0. The molecular weight excluding hydrogens is 370 g/mol. The van der Waals surface area contributed by atoms with E-state index in [2.05, 4.69) is 36.2 Å². The highest BCUT2D eigenvalue weighted by molar-refractivity contribution is 5.95. The van der Waals surface area contributed by atoms with E-state index in [9.17, 15) is 4.79 Å². The Balaban J connectivity index is 1.79. The zero-order chi connectivity index (χ0) is 20.6. The molecule has 0 radical (unpaired) electrons. The van der Waals surface area contributed by atoms with Crippen molar-refractivity contribution in [3.05, 3.63) is 30.4 Å². The van der Waals surface area contributed by atoms with Crippen LogP contribution in [-0.4, -0.2) is 65.5 Å². The molecule has 0 aliphatic carbocycles. The minimum absolute atomic E-state index is 0.108. The van der Waals surface area contributed by atoms with Gasteiger partial charge in [-0.3, -0.25) is 4.79 Å². The number of nitrogens with one attached hydrogen (secondary N) is 4. The van der Waals surface area contributed by atoms with Gasteiger partial charge in [0.05, 0.1) is 36.5 Å². The molecule has 0 spiro atoms. The van der Waals surface area contributed by atoms with Crippen LogP contribution in [0, 0.1) is 11.3 Å². The van der Waals surface area contributed by atoms with E-state index in [1.54, 1.807) is 6.20 Å². The van der Waals surface area contributed by atoms with Gasteiger partial charge in [-0.2, -0.15) is 5.26 Å². The first-order valence-corrected chi connectivity index (χ1v) is 9.44. The van der Waals surface area contributed by atoms with Gasteiger partial charge in [-0.25, -0.2) is 15.0 Å². The van der Waals surface area contributed by atoms with E-state index < -0.39 is 0 Å². The molecule has 1 saturated heterocycles. The lowest BCUT2D eigenvalue weighted by atomic mass is 10.1. The van der Waals surface area contributed by atoms with E-state index in [0.717, 1.165) is 31.6 Å². The fourth-order valence-corrected chi connectivity index (χ4v) is 2.99. The lowest BCUT2D eigenvalue weighted by molar-refractivity contribution is -0.116. The number of aromatic nitrogens is 3. The Labute approximate surface area is 169 Å². The molecule has 2 aromatic rings. The maximum atomic E-state index is 12.2. The molecule has 2 aromatic heterocycles. The van der Waals surface area contributed by atoms with Crippen molar-refractivity contribution in [1.82, 2.24) is 25.2 Å². The van der Waals surface area contributed by atoms with Crippen LogP contribution in [0.3, 0.4) is 0 Å². The number of hydrogen-bond donors (Lipinski definition) is 4. The van der Waals surface area contributed by atoms with Crippen LogP contribution in [0.2, 0.25) is 0 Å². The van der Waals surface area contributed by atoms with Crippen LogP contribution in [0.15, 0.2) is 24.7 Å². The third-order valence-corrected chi connectivity index (χ3v) is 4.36. The Kier molecular flexibility index (Phi) is 6.89. The van der Waals surface area contributed by atoms with Crippen molar-refractivity contribution in [3.63, 3.8) is 0 Å². The molecule has 29 heavy (non-hydrogen) atoms. The average Bonchev–Trinajstić information content (AvgIpc) is 2.71. The first-order chi connectivity index (χ1) is 14.0. The number of likely N-dealkylation sites (N-methyl/N-ethyl adjacent to an activating group) is 1. The number of carbonyl (C=O) groups is 1. The molecular formula is C19H25N9O. The summed E-state index contributed by atoms with van der Waals surface area (Å²) in [5.41, 5.74) is 1.67. The Morgan fingerprint density at radius 2 is 1.93 bits per heavy atom. The van der Waals surface area contributed by atoms with Crippen molar-refractivity contribution in [2.75, 3.05) is 49.7 Å². The number of hydrogen-bond acceptors (Lipinski definition) is 9. The zero-order valence-corrected chi connectivity index (χ0v) is 16.6. The molecule has 1 fully saturated rings. The summed E-state index contributed by atoms with van der Waals surface area (Å²) in [5, 5.41) is 21.7. The van der Waals surface area contributed by atoms with Gasteiger partial charge in [0.2, 0.25) is 5.91 Å². The van der Waals surface area contributed by atoms with Crippen LogP contribution in [0.5, 0.6) is 0 Å². The summed E-state index contributed by atoms with van der Waals surface area (Å²) in [7, 11) is 3.69. The van der Waals surface area contributed by atoms with E-state index >= 15 is 0 Å². The van der Waals surface area contributed by atoms with Crippen molar-refractivity contribution in [1.29, 1.82) is 5.26 Å². The molecule has 0 unspecified atom stereocenters. The summed E-state index contributed by atoms with van der Waals surface area (Å²) in [6, 6.07) is 4.09. The average molecular weight is 395 g/mol. The molecule has 10 nitrogen and oxygen atoms in total. The molecule has 1 amide bonds. The quantitative estimate of drug-likeness (QED) is 0.545. The maximum Gasteiger partial charge on any atom is 0.238 e. The first kappa shape index (κ1) is 20.4. The van der Waals surface area contributed by atoms with Crippen LogP contribution in [0.25, 0.3) is 0 Å². The van der Waals surface area contributed by atoms with Gasteiger partial charge in [-0.1, -0.05) is 0 Å². The highest BCUT2D eigenvalue weighted by atomic mass is 16.2. The molecule has 3 heterocycles. The monoisotopic (exact) mass is 395 g/mol. The van der Waals surface area contributed by atoms with Gasteiger partial charge >= 0.3 is 0 Å². The number of nitriles is 1. The van der Waals surface area contributed by atoms with Gasteiger partial charge in [0.15, 0.2) is 5.69 Å². The van der Waals surface area contributed by atoms with Gasteiger partial charge in [0.25, 0.3) is 0 Å². The highest BCUT2D eigenvalue weighted by Crippen LogP contribution is 2.27. The SMILES string of the molecule is CN(C)CC(=O)Nc1cnc(Nc2cnc(C#N)cn2)cc1NC1CCNCC1. The predicted molar refractivity (Wildman–Crippen MR) is 111 cm³/mol. The Morgan fingerprint density at radius 1 is 1.17 bits per heavy atom. The first-order valence-electron chi connectivity index (χ1n) is 9.44. The second-order valence-electron chi connectivity index (χ2n) is 7.09. The molecule has 1 aliphatic rings. The van der Waals surface area contributed by atoms with Crippen molar-refractivity contribution < 1.29 is 4.79 Å². The van der Waals surface area contributed by atoms with E-state index in [1.165, 1.54) is 12.4 Å². The molecule has 0 aromatic carbocycles. The standard InChI is InChI=1S/C19H25N9O/c1-28(2)12-19(29)26-16-10-24-17(27-18-11-22-14(8-20)9-23-18)7-15(16)25-13-3-5-21-6-4-13/h7,9-11,13,21H,3-6,12H2,1-2H3,(H,26,29)(H2,23,24,25,27). The molecule has 1 aliphatic heterocycles. The summed E-state index contributed by atoms with van der Waals surface area (Å²) in [6.07, 6.45) is 6.49. The molecule has 0 saturated carbocycles. The third-order valence-electron chi connectivity index (χ3n) is 4.36. The van der Waals surface area contributed by atoms with Gasteiger partial charge in [0.1, 0.15) is 17.7 Å². The minimum atomic E-state index is -0.108. The van der Waals surface area contributed by atoms with Gasteiger partial charge in [-0.15, -0.1) is 0 Å². The van der Waals surface area contributed by atoms with Crippen LogP contribution in [-0.2, 0) is 4.79 Å². The number of anilines is 4. The molecule has 0 bridgehead atoms. The number of piperidine rings is 1. The molecule has 3 rings (SSSR count). The van der Waals surface area contributed by atoms with Crippen LogP contribution < -0.4 is 21.3 Å². The normalized spacial score (nSPS) is 14.3. The van der Waals surface area contributed by atoms with Crippen LogP contribution >= 0.6 is 0 Å². The molecule has 4 N–H and O–H groups in total. The molecule has 0 atom stereocenters. The fourth-order valence-electron chi connectivity index (χ4n) is 2.99. The smallest absolute Gasteiger partial charge is 0.238 e. The summed E-state index contributed by atoms with van der Waals surface area (Å²) in [5.74, 6) is 0.934. The molecule has 152 valence electrons. The second kappa shape index (κ2) is 9.77.